The standard InChI is InChI=1S/C15H12N4O3/c1-18-8-4-5-12(18)9-11(10-16)15(20)17-13-6-2-3-7-14(13)19(21)22/h2-9H,1H3,(H,17,20). The monoisotopic (exact) mass is 296 g/mol. The van der Waals surface area contributed by atoms with Gasteiger partial charge in [-0.25, -0.2) is 0 Å². The Kier molecular flexibility index (Phi) is 4.34. The maximum atomic E-state index is 12.1. The minimum Gasteiger partial charge on any atom is -0.351 e. The van der Waals surface area contributed by atoms with Gasteiger partial charge >= 0.3 is 0 Å². The lowest BCUT2D eigenvalue weighted by Gasteiger charge is -2.05. The SMILES string of the molecule is Cn1cccc1C=C(C#N)C(=O)Nc1ccccc1[N+](=O)[O-]. The van der Waals surface area contributed by atoms with Crippen LogP contribution >= 0.6 is 0 Å². The molecule has 0 saturated heterocycles. The molecule has 0 radical (unpaired) electrons. The first-order valence-electron chi connectivity index (χ1n) is 6.31. The summed E-state index contributed by atoms with van der Waals surface area (Å²) < 4.78 is 1.75. The van der Waals surface area contributed by atoms with Crippen molar-refractivity contribution in [1.82, 2.24) is 4.57 Å². The minimum absolute atomic E-state index is 0.0468. The molecule has 0 unspecified atom stereocenters. The zero-order valence-corrected chi connectivity index (χ0v) is 11.7. The van der Waals surface area contributed by atoms with Crippen molar-refractivity contribution in [3.05, 3.63) is 64.0 Å². The summed E-state index contributed by atoms with van der Waals surface area (Å²) in [7, 11) is 1.78. The number of carbonyl (C=O) groups excluding carboxylic acids is 1. The van der Waals surface area contributed by atoms with Crippen LogP contribution in [0.5, 0.6) is 0 Å². The number of carbonyl (C=O) groups is 1. The van der Waals surface area contributed by atoms with Crippen molar-refractivity contribution >= 4 is 23.4 Å². The maximum Gasteiger partial charge on any atom is 0.292 e. The highest BCUT2D eigenvalue weighted by molar-refractivity contribution is 6.10. The molecule has 0 saturated carbocycles. The number of hydrogen-bond donors (Lipinski definition) is 1. The molecule has 0 spiro atoms. The van der Waals surface area contributed by atoms with Crippen LogP contribution in [0.1, 0.15) is 5.69 Å². The van der Waals surface area contributed by atoms with Crippen LogP contribution in [0.3, 0.4) is 0 Å². The Morgan fingerprint density at radius 2 is 2.09 bits per heavy atom. The summed E-state index contributed by atoms with van der Waals surface area (Å²) >= 11 is 0. The number of aromatic nitrogens is 1. The summed E-state index contributed by atoms with van der Waals surface area (Å²) in [4.78, 5) is 22.4. The molecule has 110 valence electrons. The van der Waals surface area contributed by atoms with Gasteiger partial charge in [0.15, 0.2) is 0 Å². The molecular formula is C15H12N4O3. The van der Waals surface area contributed by atoms with Crippen molar-refractivity contribution in [1.29, 1.82) is 5.26 Å². The molecule has 0 aliphatic carbocycles. The fourth-order valence-corrected chi connectivity index (χ4v) is 1.85. The fraction of sp³-hybridized carbons (Fsp3) is 0.0667. The zero-order chi connectivity index (χ0) is 16.1. The van der Waals surface area contributed by atoms with Gasteiger partial charge in [-0.2, -0.15) is 5.26 Å². The molecule has 2 rings (SSSR count). The summed E-state index contributed by atoms with van der Waals surface area (Å²) in [5.41, 5.74) is 0.353. The van der Waals surface area contributed by atoms with Gasteiger partial charge in [0, 0.05) is 25.0 Å². The second-order valence-corrected chi connectivity index (χ2v) is 4.44. The summed E-state index contributed by atoms with van der Waals surface area (Å²) in [6, 6.07) is 11.1. The van der Waals surface area contributed by atoms with Crippen molar-refractivity contribution in [2.75, 3.05) is 5.32 Å². The average Bonchev–Trinajstić information content (AvgIpc) is 2.90. The minimum atomic E-state index is -0.696. The third-order valence-corrected chi connectivity index (χ3v) is 2.99. The number of aryl methyl sites for hydroxylation is 1. The Bertz CT molecular complexity index is 799. The van der Waals surface area contributed by atoms with E-state index in [4.69, 9.17) is 5.26 Å². The van der Waals surface area contributed by atoms with Crippen LogP contribution in [-0.4, -0.2) is 15.4 Å². The highest BCUT2D eigenvalue weighted by atomic mass is 16.6. The van der Waals surface area contributed by atoms with Gasteiger partial charge < -0.3 is 9.88 Å². The fourth-order valence-electron chi connectivity index (χ4n) is 1.85. The third kappa shape index (κ3) is 3.19. The molecule has 2 aromatic rings. The van der Waals surface area contributed by atoms with Crippen LogP contribution in [0.2, 0.25) is 0 Å². The molecule has 1 N–H and O–H groups in total. The van der Waals surface area contributed by atoms with E-state index >= 15 is 0 Å². The first-order chi connectivity index (χ1) is 10.5. The largest absolute Gasteiger partial charge is 0.351 e. The Hall–Kier alpha value is -3.40. The van der Waals surface area contributed by atoms with Crippen molar-refractivity contribution in [3.8, 4) is 6.07 Å². The van der Waals surface area contributed by atoms with Crippen molar-refractivity contribution < 1.29 is 9.72 Å². The molecule has 0 aliphatic rings. The van der Waals surface area contributed by atoms with Crippen molar-refractivity contribution in [3.63, 3.8) is 0 Å². The number of nitrogens with zero attached hydrogens (tertiary/aromatic N) is 3. The Morgan fingerprint density at radius 3 is 2.68 bits per heavy atom. The smallest absolute Gasteiger partial charge is 0.292 e. The number of rotatable bonds is 4. The Labute approximate surface area is 126 Å². The average molecular weight is 296 g/mol. The molecular weight excluding hydrogens is 284 g/mol. The number of nitrogens with one attached hydrogen (secondary N) is 1. The Balaban J connectivity index is 2.29. The van der Waals surface area contributed by atoms with Gasteiger partial charge in [-0.3, -0.25) is 14.9 Å². The number of nitro benzene ring substituents is 1. The van der Waals surface area contributed by atoms with E-state index in [1.807, 2.05) is 0 Å². The lowest BCUT2D eigenvalue weighted by atomic mass is 10.2. The first kappa shape index (κ1) is 15.0. The number of para-hydroxylation sites is 2. The van der Waals surface area contributed by atoms with Gasteiger partial charge in [0.1, 0.15) is 17.3 Å². The van der Waals surface area contributed by atoms with E-state index in [2.05, 4.69) is 5.32 Å². The molecule has 1 aromatic carbocycles. The van der Waals surface area contributed by atoms with Crippen LogP contribution in [0.4, 0.5) is 11.4 Å². The predicted octanol–water partition coefficient (Wildman–Crippen LogP) is 2.48. The highest BCUT2D eigenvalue weighted by Gasteiger charge is 2.17. The molecule has 1 amide bonds. The topological polar surface area (TPSA) is 101 Å². The number of benzene rings is 1. The van der Waals surface area contributed by atoms with E-state index in [-0.39, 0.29) is 16.9 Å². The van der Waals surface area contributed by atoms with E-state index in [1.165, 1.54) is 24.3 Å². The van der Waals surface area contributed by atoms with E-state index < -0.39 is 10.8 Å². The maximum absolute atomic E-state index is 12.1. The molecule has 0 bridgehead atoms. The molecule has 7 nitrogen and oxygen atoms in total. The Morgan fingerprint density at radius 1 is 1.36 bits per heavy atom. The lowest BCUT2D eigenvalue weighted by molar-refractivity contribution is -0.383. The number of anilines is 1. The highest BCUT2D eigenvalue weighted by Crippen LogP contribution is 2.23. The number of amides is 1. The summed E-state index contributed by atoms with van der Waals surface area (Å²) in [5, 5.41) is 22.4. The van der Waals surface area contributed by atoms with E-state index in [0.29, 0.717) is 5.69 Å². The molecule has 0 atom stereocenters. The van der Waals surface area contributed by atoms with Crippen LogP contribution < -0.4 is 5.32 Å². The number of nitro groups is 1. The van der Waals surface area contributed by atoms with Gasteiger partial charge in [-0.05, 0) is 24.3 Å². The summed E-state index contributed by atoms with van der Waals surface area (Å²) in [6.45, 7) is 0. The number of hydrogen-bond acceptors (Lipinski definition) is 4. The van der Waals surface area contributed by atoms with Crippen LogP contribution in [0.25, 0.3) is 6.08 Å². The molecule has 1 heterocycles. The number of nitriles is 1. The van der Waals surface area contributed by atoms with Gasteiger partial charge in [0.25, 0.3) is 11.6 Å². The van der Waals surface area contributed by atoms with Gasteiger partial charge in [-0.15, -0.1) is 0 Å². The van der Waals surface area contributed by atoms with E-state index in [1.54, 1.807) is 42.1 Å². The van der Waals surface area contributed by atoms with Crippen molar-refractivity contribution in [2.24, 2.45) is 7.05 Å². The van der Waals surface area contributed by atoms with Crippen LogP contribution in [0.15, 0.2) is 48.2 Å². The second kappa shape index (κ2) is 6.37. The summed E-state index contributed by atoms with van der Waals surface area (Å²) in [6.07, 6.45) is 3.20. The molecule has 22 heavy (non-hydrogen) atoms. The van der Waals surface area contributed by atoms with Gasteiger partial charge in [0.05, 0.1) is 4.92 Å². The zero-order valence-electron chi connectivity index (χ0n) is 11.7. The predicted molar refractivity (Wildman–Crippen MR) is 80.7 cm³/mol. The van der Waals surface area contributed by atoms with Crippen LogP contribution in [0, 0.1) is 21.4 Å². The van der Waals surface area contributed by atoms with Crippen LogP contribution in [-0.2, 0) is 11.8 Å². The van der Waals surface area contributed by atoms with E-state index in [0.717, 1.165) is 0 Å². The molecule has 1 aromatic heterocycles. The quantitative estimate of drug-likeness (QED) is 0.405. The molecule has 0 fully saturated rings. The summed E-state index contributed by atoms with van der Waals surface area (Å²) in [5.74, 6) is -0.696. The van der Waals surface area contributed by atoms with Gasteiger partial charge in [0.2, 0.25) is 0 Å². The molecule has 0 aliphatic heterocycles. The normalized spacial score (nSPS) is 10.8. The van der Waals surface area contributed by atoms with E-state index in [9.17, 15) is 14.9 Å². The van der Waals surface area contributed by atoms with Crippen molar-refractivity contribution in [2.45, 2.75) is 0 Å². The van der Waals surface area contributed by atoms with Gasteiger partial charge in [-0.1, -0.05) is 12.1 Å². The second-order valence-electron chi connectivity index (χ2n) is 4.44. The molecule has 7 heteroatoms. The third-order valence-electron chi connectivity index (χ3n) is 2.99. The lowest BCUT2D eigenvalue weighted by Crippen LogP contribution is -2.14. The first-order valence-corrected chi connectivity index (χ1v) is 6.31.